The highest BCUT2D eigenvalue weighted by Gasteiger charge is 2.17. The summed E-state index contributed by atoms with van der Waals surface area (Å²) in [7, 11) is 0. The molecule has 0 atom stereocenters. The van der Waals surface area contributed by atoms with Crippen LogP contribution in [0.25, 0.3) is 11.0 Å². The number of fused-ring (bicyclic) bond motifs is 1. The fraction of sp³-hybridized carbons (Fsp3) is 0.455. The van der Waals surface area contributed by atoms with E-state index in [1.807, 2.05) is 0 Å². The van der Waals surface area contributed by atoms with E-state index in [4.69, 9.17) is 0 Å². The Labute approximate surface area is 88.3 Å². The van der Waals surface area contributed by atoms with Crippen LogP contribution in [0.3, 0.4) is 0 Å². The molecule has 0 aromatic carbocycles. The number of aromatic amines is 1. The summed E-state index contributed by atoms with van der Waals surface area (Å²) in [5, 5.41) is 1.15. The predicted octanol–water partition coefficient (Wildman–Crippen LogP) is 1.87. The fourth-order valence-electron chi connectivity index (χ4n) is 2.24. The maximum Gasteiger partial charge on any atom is 0.143 e. The lowest BCUT2D eigenvalue weighted by Gasteiger charge is -2.16. The van der Waals surface area contributed by atoms with Gasteiger partial charge in [0.05, 0.1) is 5.39 Å². The second-order valence-electron chi connectivity index (χ2n) is 4.11. The third-order valence-electron chi connectivity index (χ3n) is 2.94. The molecule has 4 nitrogen and oxygen atoms in total. The first kappa shape index (κ1) is 8.71. The zero-order chi connectivity index (χ0) is 10.3. The minimum Gasteiger partial charge on any atom is -0.356 e. The van der Waals surface area contributed by atoms with Gasteiger partial charge >= 0.3 is 0 Å². The molecule has 2 aromatic heterocycles. The van der Waals surface area contributed by atoms with E-state index in [0.29, 0.717) is 0 Å². The van der Waals surface area contributed by atoms with Crippen molar-refractivity contribution < 1.29 is 0 Å². The van der Waals surface area contributed by atoms with Gasteiger partial charge in [-0.2, -0.15) is 0 Å². The Kier molecular flexibility index (Phi) is 1.87. The summed E-state index contributed by atoms with van der Waals surface area (Å²) >= 11 is 0. The molecule has 3 rings (SSSR count). The van der Waals surface area contributed by atoms with Gasteiger partial charge in [-0.25, -0.2) is 9.97 Å². The van der Waals surface area contributed by atoms with Crippen molar-refractivity contribution in [1.29, 1.82) is 0 Å². The van der Waals surface area contributed by atoms with Gasteiger partial charge in [0.1, 0.15) is 17.8 Å². The van der Waals surface area contributed by atoms with Crippen LogP contribution in [0, 0.1) is 6.92 Å². The first-order valence-corrected chi connectivity index (χ1v) is 5.40. The molecule has 15 heavy (non-hydrogen) atoms. The van der Waals surface area contributed by atoms with Crippen molar-refractivity contribution in [3.63, 3.8) is 0 Å². The summed E-state index contributed by atoms with van der Waals surface area (Å²) in [6, 6.07) is 2.13. The molecule has 0 aliphatic carbocycles. The average Bonchev–Trinajstić information content (AvgIpc) is 2.82. The summed E-state index contributed by atoms with van der Waals surface area (Å²) < 4.78 is 0. The Morgan fingerprint density at radius 2 is 2.07 bits per heavy atom. The van der Waals surface area contributed by atoms with E-state index in [2.05, 4.69) is 32.8 Å². The van der Waals surface area contributed by atoms with Gasteiger partial charge in [-0.1, -0.05) is 0 Å². The number of aryl methyl sites for hydroxylation is 1. The Morgan fingerprint density at radius 3 is 2.87 bits per heavy atom. The number of rotatable bonds is 1. The lowest BCUT2D eigenvalue weighted by atomic mass is 10.3. The molecule has 0 unspecified atom stereocenters. The molecule has 4 heteroatoms. The van der Waals surface area contributed by atoms with Gasteiger partial charge in [-0.05, 0) is 25.8 Å². The maximum atomic E-state index is 4.40. The van der Waals surface area contributed by atoms with Gasteiger partial charge in [-0.3, -0.25) is 0 Å². The molecule has 3 heterocycles. The molecule has 78 valence electrons. The van der Waals surface area contributed by atoms with Gasteiger partial charge in [0.25, 0.3) is 0 Å². The van der Waals surface area contributed by atoms with Crippen LogP contribution in [-0.2, 0) is 0 Å². The van der Waals surface area contributed by atoms with E-state index in [1.54, 1.807) is 6.33 Å². The van der Waals surface area contributed by atoms with E-state index >= 15 is 0 Å². The second-order valence-corrected chi connectivity index (χ2v) is 4.11. The van der Waals surface area contributed by atoms with E-state index in [1.165, 1.54) is 12.8 Å². The quantitative estimate of drug-likeness (QED) is 0.767. The van der Waals surface area contributed by atoms with Crippen LogP contribution in [0.5, 0.6) is 0 Å². The van der Waals surface area contributed by atoms with Crippen molar-refractivity contribution >= 4 is 16.9 Å². The first-order valence-electron chi connectivity index (χ1n) is 5.40. The number of hydrogen-bond acceptors (Lipinski definition) is 3. The van der Waals surface area contributed by atoms with E-state index in [0.717, 1.165) is 35.6 Å². The maximum absolute atomic E-state index is 4.40. The highest BCUT2D eigenvalue weighted by Crippen LogP contribution is 2.26. The summed E-state index contributed by atoms with van der Waals surface area (Å²) in [6.07, 6.45) is 4.19. The molecular weight excluding hydrogens is 188 g/mol. The zero-order valence-electron chi connectivity index (χ0n) is 8.82. The molecule has 1 aliphatic rings. The zero-order valence-corrected chi connectivity index (χ0v) is 8.82. The molecule has 2 aromatic rings. The smallest absolute Gasteiger partial charge is 0.143 e. The summed E-state index contributed by atoms with van der Waals surface area (Å²) in [5.41, 5.74) is 2.09. The van der Waals surface area contributed by atoms with Crippen molar-refractivity contribution in [2.24, 2.45) is 0 Å². The first-order chi connectivity index (χ1) is 7.34. The van der Waals surface area contributed by atoms with Gasteiger partial charge in [0.15, 0.2) is 0 Å². The van der Waals surface area contributed by atoms with Gasteiger partial charge in [-0.15, -0.1) is 0 Å². The fourth-order valence-corrected chi connectivity index (χ4v) is 2.24. The number of nitrogens with one attached hydrogen (secondary N) is 1. The van der Waals surface area contributed by atoms with Gasteiger partial charge in [0.2, 0.25) is 0 Å². The summed E-state index contributed by atoms with van der Waals surface area (Å²) in [6.45, 7) is 4.29. The number of H-pyrrole nitrogens is 1. The molecule has 1 fully saturated rings. The third kappa shape index (κ3) is 1.37. The Balaban J connectivity index is 2.16. The minimum atomic E-state index is 0.949. The Hall–Kier alpha value is -1.58. The molecule has 0 radical (unpaired) electrons. The monoisotopic (exact) mass is 202 g/mol. The molecule has 0 bridgehead atoms. The van der Waals surface area contributed by atoms with Gasteiger partial charge < -0.3 is 9.88 Å². The summed E-state index contributed by atoms with van der Waals surface area (Å²) in [4.78, 5) is 14.2. The molecule has 0 amide bonds. The second kappa shape index (κ2) is 3.22. The van der Waals surface area contributed by atoms with Crippen LogP contribution < -0.4 is 4.90 Å². The van der Waals surface area contributed by atoms with Crippen molar-refractivity contribution in [1.82, 2.24) is 15.0 Å². The molecule has 1 N–H and O–H groups in total. The Morgan fingerprint density at radius 1 is 1.27 bits per heavy atom. The normalized spacial score (nSPS) is 16.5. The molecule has 1 saturated heterocycles. The topological polar surface area (TPSA) is 44.8 Å². The van der Waals surface area contributed by atoms with E-state index < -0.39 is 0 Å². The number of anilines is 1. The van der Waals surface area contributed by atoms with Crippen LogP contribution in [0.4, 0.5) is 5.82 Å². The van der Waals surface area contributed by atoms with Crippen LogP contribution in [0.15, 0.2) is 12.4 Å². The summed E-state index contributed by atoms with van der Waals surface area (Å²) in [5.74, 6) is 1.09. The average molecular weight is 202 g/mol. The standard InChI is InChI=1S/C11H14N4/c1-8-6-9-10(14-8)12-7-13-11(9)15-4-2-3-5-15/h6-7H,2-5H2,1H3,(H,12,13,14). The molecular formula is C11H14N4. The predicted molar refractivity (Wildman–Crippen MR) is 60.1 cm³/mol. The molecule has 1 aliphatic heterocycles. The third-order valence-corrected chi connectivity index (χ3v) is 2.94. The van der Waals surface area contributed by atoms with Crippen LogP contribution >= 0.6 is 0 Å². The largest absolute Gasteiger partial charge is 0.356 e. The highest BCUT2D eigenvalue weighted by atomic mass is 15.2. The van der Waals surface area contributed by atoms with Gasteiger partial charge in [0, 0.05) is 18.8 Å². The van der Waals surface area contributed by atoms with Crippen molar-refractivity contribution in [3.05, 3.63) is 18.1 Å². The molecule has 0 saturated carbocycles. The van der Waals surface area contributed by atoms with Crippen LogP contribution in [-0.4, -0.2) is 28.0 Å². The van der Waals surface area contributed by atoms with Crippen molar-refractivity contribution in [2.45, 2.75) is 19.8 Å². The Bertz CT molecular complexity index is 482. The number of nitrogens with zero attached hydrogens (tertiary/aromatic N) is 3. The van der Waals surface area contributed by atoms with Crippen molar-refractivity contribution in [2.75, 3.05) is 18.0 Å². The lowest BCUT2D eigenvalue weighted by Crippen LogP contribution is -2.19. The van der Waals surface area contributed by atoms with E-state index in [-0.39, 0.29) is 0 Å². The van der Waals surface area contributed by atoms with E-state index in [9.17, 15) is 0 Å². The highest BCUT2D eigenvalue weighted by molar-refractivity contribution is 5.88. The molecule has 0 spiro atoms. The van der Waals surface area contributed by atoms with Crippen LogP contribution in [0.2, 0.25) is 0 Å². The van der Waals surface area contributed by atoms with Crippen LogP contribution in [0.1, 0.15) is 18.5 Å². The number of hydrogen-bond donors (Lipinski definition) is 1. The number of aromatic nitrogens is 3. The SMILES string of the molecule is Cc1cc2c(N3CCCC3)ncnc2[nH]1. The van der Waals surface area contributed by atoms with Crippen molar-refractivity contribution in [3.8, 4) is 0 Å². The lowest BCUT2D eigenvalue weighted by molar-refractivity contribution is 0.939. The minimum absolute atomic E-state index is 0.949.